The van der Waals surface area contributed by atoms with Gasteiger partial charge in [0.25, 0.3) is 0 Å². The third-order valence-electron chi connectivity index (χ3n) is 6.89. The first kappa shape index (κ1) is 24.7. The van der Waals surface area contributed by atoms with Crippen LogP contribution in [0.4, 0.5) is 16.2 Å². The fourth-order valence-corrected chi connectivity index (χ4v) is 6.63. The average molecular weight is 488 g/mol. The minimum Gasteiger partial charge on any atom is -0.371 e. The van der Waals surface area contributed by atoms with Crippen LogP contribution < -0.4 is 26.2 Å². The van der Waals surface area contributed by atoms with E-state index in [1.165, 1.54) is 12.8 Å². The number of amides is 4. The summed E-state index contributed by atoms with van der Waals surface area (Å²) in [5.74, 6) is 0.711. The standard InChI is InChI=1S/C25H37N5O3S/c1-2-8-19(24(32)26-17-9-7-10-18(15-17)30-13-5-6-14-30)27-22(31)12-4-3-11-21-23-20(16-34-21)28-25(33)29-23/h7,9-10,15,19-21,23H,2-6,8,11-14,16H2,1H3,(H,26,32)(H,27,31)(H2,28,29,33)/t19-,20-,21-,23-/m0/s1. The third kappa shape index (κ3) is 6.37. The Labute approximate surface area is 206 Å². The van der Waals surface area contributed by atoms with Gasteiger partial charge in [0.2, 0.25) is 11.8 Å². The Balaban J connectivity index is 1.20. The Kier molecular flexibility index (Phi) is 8.59. The molecule has 1 aromatic rings. The fourth-order valence-electron chi connectivity index (χ4n) is 5.08. The summed E-state index contributed by atoms with van der Waals surface area (Å²) in [4.78, 5) is 39.3. The lowest BCUT2D eigenvalue weighted by Gasteiger charge is -2.20. The van der Waals surface area contributed by atoms with E-state index in [2.05, 4.69) is 32.2 Å². The number of nitrogens with zero attached hydrogens (tertiary/aromatic N) is 1. The molecule has 0 spiro atoms. The van der Waals surface area contributed by atoms with Gasteiger partial charge in [-0.05, 0) is 50.3 Å². The van der Waals surface area contributed by atoms with Gasteiger partial charge in [-0.3, -0.25) is 9.59 Å². The summed E-state index contributed by atoms with van der Waals surface area (Å²) in [6.45, 7) is 4.12. The summed E-state index contributed by atoms with van der Waals surface area (Å²) < 4.78 is 0. The number of benzene rings is 1. The summed E-state index contributed by atoms with van der Waals surface area (Å²) in [7, 11) is 0. The second kappa shape index (κ2) is 11.8. The highest BCUT2D eigenvalue weighted by molar-refractivity contribution is 8.00. The Morgan fingerprint density at radius 1 is 1.21 bits per heavy atom. The number of thioether (sulfide) groups is 1. The maximum atomic E-state index is 12.9. The summed E-state index contributed by atoms with van der Waals surface area (Å²) in [6, 6.07) is 7.80. The van der Waals surface area contributed by atoms with Gasteiger partial charge in [0.05, 0.1) is 12.1 Å². The van der Waals surface area contributed by atoms with E-state index in [9.17, 15) is 14.4 Å². The van der Waals surface area contributed by atoms with Crippen LogP contribution in [0.25, 0.3) is 0 Å². The van der Waals surface area contributed by atoms with Crippen LogP contribution in [0.3, 0.4) is 0 Å². The number of anilines is 2. The monoisotopic (exact) mass is 487 g/mol. The Morgan fingerprint density at radius 2 is 2.03 bits per heavy atom. The average Bonchev–Trinajstić information content (AvgIpc) is 3.55. The first-order valence-electron chi connectivity index (χ1n) is 12.7. The molecule has 0 bridgehead atoms. The molecule has 4 N–H and O–H groups in total. The fraction of sp³-hybridized carbons (Fsp3) is 0.640. The number of unbranched alkanes of at least 4 members (excludes halogenated alkanes) is 1. The van der Waals surface area contributed by atoms with Gasteiger partial charge in [0.1, 0.15) is 6.04 Å². The van der Waals surface area contributed by atoms with Crippen molar-refractivity contribution >= 4 is 41.0 Å². The van der Waals surface area contributed by atoms with Crippen LogP contribution in [0.15, 0.2) is 24.3 Å². The lowest BCUT2D eigenvalue weighted by Crippen LogP contribution is -2.43. The van der Waals surface area contributed by atoms with Gasteiger partial charge in [0, 0.05) is 41.9 Å². The Bertz CT molecular complexity index is 876. The highest BCUT2D eigenvalue weighted by Crippen LogP contribution is 2.33. The van der Waals surface area contributed by atoms with Gasteiger partial charge >= 0.3 is 6.03 Å². The largest absolute Gasteiger partial charge is 0.371 e. The normalized spacial score (nSPS) is 24.3. The van der Waals surface area contributed by atoms with Crippen LogP contribution in [0, 0.1) is 0 Å². The van der Waals surface area contributed by atoms with Crippen molar-refractivity contribution in [1.82, 2.24) is 16.0 Å². The van der Waals surface area contributed by atoms with E-state index >= 15 is 0 Å². The molecule has 3 fully saturated rings. The van der Waals surface area contributed by atoms with Gasteiger partial charge in [0.15, 0.2) is 0 Å². The number of fused-ring (bicyclic) bond motifs is 1. The van der Waals surface area contributed by atoms with Crippen LogP contribution in [-0.4, -0.2) is 60.1 Å². The van der Waals surface area contributed by atoms with Crippen molar-refractivity contribution in [3.63, 3.8) is 0 Å². The molecule has 4 atom stereocenters. The summed E-state index contributed by atoms with van der Waals surface area (Å²) in [5, 5.41) is 12.3. The number of rotatable bonds is 11. The second-order valence-electron chi connectivity index (χ2n) is 9.51. The molecule has 9 heteroatoms. The summed E-state index contributed by atoms with van der Waals surface area (Å²) in [6.07, 6.45) is 6.93. The molecule has 4 rings (SSSR count). The van der Waals surface area contributed by atoms with Gasteiger partial charge < -0.3 is 26.2 Å². The van der Waals surface area contributed by atoms with Crippen LogP contribution in [0.5, 0.6) is 0 Å². The molecule has 3 saturated heterocycles. The summed E-state index contributed by atoms with van der Waals surface area (Å²) >= 11 is 1.89. The van der Waals surface area contributed by atoms with E-state index in [1.54, 1.807) is 0 Å². The summed E-state index contributed by atoms with van der Waals surface area (Å²) in [5.41, 5.74) is 1.90. The lowest BCUT2D eigenvalue weighted by atomic mass is 10.0. The quantitative estimate of drug-likeness (QED) is 0.284. The van der Waals surface area contributed by atoms with Gasteiger partial charge in [-0.15, -0.1) is 0 Å². The molecule has 0 aromatic heterocycles. The zero-order valence-electron chi connectivity index (χ0n) is 20.0. The number of carbonyl (C=O) groups is 3. The van der Waals surface area contributed by atoms with Crippen LogP contribution in [-0.2, 0) is 9.59 Å². The molecule has 0 saturated carbocycles. The first-order chi connectivity index (χ1) is 16.5. The predicted octanol–water partition coefficient (Wildman–Crippen LogP) is 3.24. The molecule has 3 aliphatic rings. The van der Waals surface area contributed by atoms with Crippen molar-refractivity contribution in [1.29, 1.82) is 0 Å². The number of urea groups is 1. The minimum absolute atomic E-state index is 0.0670. The van der Waals surface area contributed by atoms with Crippen molar-refractivity contribution in [3.8, 4) is 0 Å². The number of hydrogen-bond donors (Lipinski definition) is 4. The smallest absolute Gasteiger partial charge is 0.315 e. The lowest BCUT2D eigenvalue weighted by molar-refractivity contribution is -0.126. The Morgan fingerprint density at radius 3 is 2.82 bits per heavy atom. The number of nitrogens with one attached hydrogen (secondary N) is 4. The molecule has 0 unspecified atom stereocenters. The molecule has 0 radical (unpaired) electrons. The number of hydrogen-bond acceptors (Lipinski definition) is 5. The molecule has 3 heterocycles. The van der Waals surface area contributed by atoms with Gasteiger partial charge in [-0.2, -0.15) is 11.8 Å². The molecule has 3 aliphatic heterocycles. The maximum Gasteiger partial charge on any atom is 0.315 e. The third-order valence-corrected chi connectivity index (χ3v) is 8.40. The van der Waals surface area contributed by atoms with Crippen molar-refractivity contribution in [2.45, 2.75) is 81.7 Å². The van der Waals surface area contributed by atoms with Crippen molar-refractivity contribution in [3.05, 3.63) is 24.3 Å². The van der Waals surface area contributed by atoms with Crippen LogP contribution in [0.2, 0.25) is 0 Å². The first-order valence-corrected chi connectivity index (χ1v) is 13.7. The van der Waals surface area contributed by atoms with Gasteiger partial charge in [-0.1, -0.05) is 25.8 Å². The topological polar surface area (TPSA) is 103 Å². The molecule has 186 valence electrons. The van der Waals surface area contributed by atoms with Crippen molar-refractivity contribution in [2.24, 2.45) is 0 Å². The molecule has 4 amide bonds. The zero-order chi connectivity index (χ0) is 23.9. The molecular weight excluding hydrogens is 450 g/mol. The number of carbonyl (C=O) groups excluding carboxylic acids is 3. The van der Waals surface area contributed by atoms with Gasteiger partial charge in [-0.25, -0.2) is 4.79 Å². The zero-order valence-corrected chi connectivity index (χ0v) is 20.8. The van der Waals surface area contributed by atoms with E-state index in [0.717, 1.165) is 55.9 Å². The maximum absolute atomic E-state index is 12.9. The minimum atomic E-state index is -0.529. The SMILES string of the molecule is CCC[C@H](NC(=O)CCCC[C@@H]1SC[C@@H]2NC(=O)N[C@@H]21)C(=O)Nc1cccc(N2CCCC2)c1. The van der Waals surface area contributed by atoms with E-state index in [-0.39, 0.29) is 29.9 Å². The highest BCUT2D eigenvalue weighted by atomic mass is 32.2. The van der Waals surface area contributed by atoms with Crippen molar-refractivity contribution < 1.29 is 14.4 Å². The van der Waals surface area contributed by atoms with E-state index in [1.807, 2.05) is 36.9 Å². The second-order valence-corrected chi connectivity index (χ2v) is 10.8. The van der Waals surface area contributed by atoms with Crippen LogP contribution >= 0.6 is 11.8 Å². The van der Waals surface area contributed by atoms with E-state index in [0.29, 0.717) is 18.1 Å². The van der Waals surface area contributed by atoms with E-state index < -0.39 is 6.04 Å². The Hall–Kier alpha value is -2.42. The van der Waals surface area contributed by atoms with Crippen LogP contribution in [0.1, 0.15) is 58.3 Å². The molecule has 8 nitrogen and oxygen atoms in total. The molecule has 1 aromatic carbocycles. The molecule has 34 heavy (non-hydrogen) atoms. The van der Waals surface area contributed by atoms with E-state index in [4.69, 9.17) is 0 Å². The van der Waals surface area contributed by atoms with Crippen molar-refractivity contribution in [2.75, 3.05) is 29.1 Å². The predicted molar refractivity (Wildman–Crippen MR) is 137 cm³/mol. The molecular formula is C25H37N5O3S. The molecule has 0 aliphatic carbocycles. The highest BCUT2D eigenvalue weighted by Gasteiger charge is 2.42.